The number of fused-ring (bicyclic) bond motifs is 2. The van der Waals surface area contributed by atoms with Gasteiger partial charge in [-0.05, 0) is 40.1 Å². The van der Waals surface area contributed by atoms with E-state index in [0.717, 1.165) is 27.5 Å². The van der Waals surface area contributed by atoms with Gasteiger partial charge in [-0.25, -0.2) is 4.79 Å². The Morgan fingerprint density at radius 3 is 2.28 bits per heavy atom. The molecule has 1 heterocycles. The lowest BCUT2D eigenvalue weighted by molar-refractivity contribution is -0.155. The molecule has 0 saturated heterocycles. The van der Waals surface area contributed by atoms with Crippen LogP contribution in [-0.4, -0.2) is 35.0 Å². The van der Waals surface area contributed by atoms with E-state index in [1.807, 2.05) is 109 Å². The van der Waals surface area contributed by atoms with Gasteiger partial charge < -0.3 is 24.2 Å². The van der Waals surface area contributed by atoms with Crippen LogP contribution in [0.15, 0.2) is 115 Å². The Labute approximate surface area is 249 Å². The molecule has 0 unspecified atom stereocenters. The van der Waals surface area contributed by atoms with Crippen molar-refractivity contribution in [2.75, 3.05) is 7.11 Å². The Morgan fingerprint density at radius 1 is 0.860 bits per heavy atom. The van der Waals surface area contributed by atoms with Crippen molar-refractivity contribution in [1.82, 2.24) is 4.90 Å². The molecule has 2 atom stereocenters. The maximum atomic E-state index is 14.3. The number of hydrogen-bond donors (Lipinski definition) is 1. The first-order valence-electron chi connectivity index (χ1n) is 14.1. The highest BCUT2D eigenvalue weighted by atomic mass is 16.5. The highest BCUT2D eigenvalue weighted by molar-refractivity contribution is 5.89. The summed E-state index contributed by atoms with van der Waals surface area (Å²) in [6.45, 7) is 0.380. The van der Waals surface area contributed by atoms with Crippen molar-refractivity contribution in [3.05, 3.63) is 138 Å². The Balaban J connectivity index is 1.34. The van der Waals surface area contributed by atoms with Gasteiger partial charge in [-0.15, -0.1) is 0 Å². The Hall–Kier alpha value is -5.30. The van der Waals surface area contributed by atoms with Gasteiger partial charge in [0, 0.05) is 24.1 Å². The lowest BCUT2D eigenvalue weighted by Crippen LogP contribution is -2.51. The fraction of sp³-hybridized carbons (Fsp3) is 0.167. The molecule has 1 amide bonds. The molecule has 1 aliphatic heterocycles. The molecule has 0 aliphatic carbocycles. The van der Waals surface area contributed by atoms with Crippen LogP contribution in [0.1, 0.15) is 28.4 Å². The fourth-order valence-corrected chi connectivity index (χ4v) is 5.53. The average Bonchev–Trinajstić information content (AvgIpc) is 3.05. The van der Waals surface area contributed by atoms with E-state index in [1.54, 1.807) is 13.2 Å². The number of carbonyl (C=O) groups excluding carboxylic acids is 1. The summed E-state index contributed by atoms with van der Waals surface area (Å²) < 4.78 is 18.2. The summed E-state index contributed by atoms with van der Waals surface area (Å²) in [6.07, 6.45) is -0.979. The van der Waals surface area contributed by atoms with Crippen LogP contribution in [0, 0.1) is 0 Å². The second kappa shape index (κ2) is 12.3. The molecule has 0 spiro atoms. The number of ether oxygens (including phenoxy) is 3. The number of carboxylic acid groups (broad SMARTS) is 1. The van der Waals surface area contributed by atoms with Crippen LogP contribution in [0.5, 0.6) is 17.2 Å². The largest absolute Gasteiger partial charge is 0.493 e. The number of carboxylic acids is 1. The van der Waals surface area contributed by atoms with Crippen LogP contribution in [-0.2, 0) is 29.2 Å². The van der Waals surface area contributed by atoms with Crippen molar-refractivity contribution in [2.45, 2.75) is 31.7 Å². The van der Waals surface area contributed by atoms with Gasteiger partial charge in [0.05, 0.1) is 7.11 Å². The highest BCUT2D eigenvalue weighted by Gasteiger charge is 2.40. The first-order valence-corrected chi connectivity index (χ1v) is 14.1. The SMILES string of the molecule is COc1ccc2c(c1OCc1ccccc1)C[C@@H](C(=O)O)N(C(=O)[C@@H](Oc1ccc3ccccc3c1)c1ccccc1)C2. The third-order valence-corrected chi connectivity index (χ3v) is 7.75. The third-order valence-electron chi connectivity index (χ3n) is 7.75. The van der Waals surface area contributed by atoms with E-state index < -0.39 is 24.0 Å². The van der Waals surface area contributed by atoms with Crippen LogP contribution in [0.2, 0.25) is 0 Å². The zero-order chi connectivity index (χ0) is 29.8. The Kier molecular flexibility index (Phi) is 7.96. The van der Waals surface area contributed by atoms with Crippen LogP contribution in [0.3, 0.4) is 0 Å². The molecular weight excluding hydrogens is 542 g/mol. The average molecular weight is 574 g/mol. The lowest BCUT2D eigenvalue weighted by Gasteiger charge is -2.37. The molecule has 0 bridgehead atoms. The number of carbonyl (C=O) groups is 2. The first-order chi connectivity index (χ1) is 21.0. The highest BCUT2D eigenvalue weighted by Crippen LogP contribution is 2.40. The van der Waals surface area contributed by atoms with Crippen molar-refractivity contribution in [3.63, 3.8) is 0 Å². The van der Waals surface area contributed by atoms with Crippen LogP contribution in [0.25, 0.3) is 10.8 Å². The number of amides is 1. The number of methoxy groups -OCH3 is 1. The fourth-order valence-electron chi connectivity index (χ4n) is 5.53. The number of nitrogens with zero attached hydrogens (tertiary/aromatic N) is 1. The van der Waals surface area contributed by atoms with E-state index in [-0.39, 0.29) is 13.0 Å². The quantitative estimate of drug-likeness (QED) is 0.214. The van der Waals surface area contributed by atoms with Gasteiger partial charge in [0.1, 0.15) is 18.4 Å². The number of hydrogen-bond acceptors (Lipinski definition) is 5. The van der Waals surface area contributed by atoms with E-state index >= 15 is 0 Å². The normalized spacial score (nSPS) is 14.9. The predicted molar refractivity (Wildman–Crippen MR) is 163 cm³/mol. The van der Waals surface area contributed by atoms with Gasteiger partial charge >= 0.3 is 5.97 Å². The van der Waals surface area contributed by atoms with Crippen molar-refractivity contribution >= 4 is 22.6 Å². The first kappa shape index (κ1) is 27.8. The molecule has 7 heteroatoms. The zero-order valence-corrected chi connectivity index (χ0v) is 23.7. The minimum Gasteiger partial charge on any atom is -0.493 e. The number of rotatable bonds is 9. The van der Waals surface area contributed by atoms with Gasteiger partial charge in [0.15, 0.2) is 11.5 Å². The second-order valence-corrected chi connectivity index (χ2v) is 10.5. The summed E-state index contributed by atoms with van der Waals surface area (Å²) in [5, 5.41) is 12.4. The van der Waals surface area contributed by atoms with E-state index in [9.17, 15) is 14.7 Å². The van der Waals surface area contributed by atoms with Gasteiger partial charge in [0.25, 0.3) is 5.91 Å². The third kappa shape index (κ3) is 5.88. The Morgan fingerprint density at radius 2 is 1.56 bits per heavy atom. The summed E-state index contributed by atoms with van der Waals surface area (Å²) in [7, 11) is 1.55. The summed E-state index contributed by atoms with van der Waals surface area (Å²) in [6, 6.07) is 35.0. The van der Waals surface area contributed by atoms with Gasteiger partial charge in [-0.1, -0.05) is 97.1 Å². The van der Waals surface area contributed by atoms with Crippen molar-refractivity contribution in [2.24, 2.45) is 0 Å². The minimum absolute atomic E-state index is 0.0647. The summed E-state index contributed by atoms with van der Waals surface area (Å²) in [4.78, 5) is 28.4. The van der Waals surface area contributed by atoms with E-state index in [1.165, 1.54) is 4.90 Å². The van der Waals surface area contributed by atoms with Crippen molar-refractivity contribution in [3.8, 4) is 17.2 Å². The van der Waals surface area contributed by atoms with Crippen LogP contribution >= 0.6 is 0 Å². The maximum Gasteiger partial charge on any atom is 0.326 e. The summed E-state index contributed by atoms with van der Waals surface area (Å²) in [5.74, 6) is -0.00512. The monoisotopic (exact) mass is 573 g/mol. The Bertz CT molecular complexity index is 1750. The molecule has 7 nitrogen and oxygen atoms in total. The molecule has 1 aliphatic rings. The molecule has 0 fully saturated rings. The molecule has 0 saturated carbocycles. The molecule has 5 aromatic carbocycles. The molecule has 0 aromatic heterocycles. The van der Waals surface area contributed by atoms with Crippen LogP contribution in [0.4, 0.5) is 0 Å². The van der Waals surface area contributed by atoms with E-state index in [0.29, 0.717) is 29.4 Å². The topological polar surface area (TPSA) is 85.3 Å². The smallest absolute Gasteiger partial charge is 0.326 e. The standard InChI is InChI=1S/C36H31NO6/c1-41-32-19-17-28-22-37(31(36(39)40)21-30(28)34(32)42-23-24-10-4-2-5-11-24)35(38)33(26-13-6-3-7-14-26)43-29-18-16-25-12-8-9-15-27(25)20-29/h2-20,31,33H,21-23H2,1H3,(H,39,40)/t31-,33-/m0/s1. The number of benzene rings is 5. The molecule has 43 heavy (non-hydrogen) atoms. The molecule has 0 radical (unpaired) electrons. The predicted octanol–water partition coefficient (Wildman–Crippen LogP) is 6.59. The molecular formula is C36H31NO6. The summed E-state index contributed by atoms with van der Waals surface area (Å²) >= 11 is 0. The minimum atomic E-state index is -1.13. The van der Waals surface area contributed by atoms with Crippen molar-refractivity contribution in [1.29, 1.82) is 0 Å². The molecule has 6 rings (SSSR count). The zero-order valence-electron chi connectivity index (χ0n) is 23.7. The van der Waals surface area contributed by atoms with Crippen molar-refractivity contribution < 1.29 is 28.9 Å². The van der Waals surface area contributed by atoms with Crippen LogP contribution < -0.4 is 14.2 Å². The maximum absolute atomic E-state index is 14.3. The molecule has 1 N–H and O–H groups in total. The van der Waals surface area contributed by atoms with E-state index in [4.69, 9.17) is 14.2 Å². The van der Waals surface area contributed by atoms with Gasteiger partial charge in [-0.2, -0.15) is 0 Å². The molecule has 5 aromatic rings. The summed E-state index contributed by atoms with van der Waals surface area (Å²) in [5.41, 5.74) is 3.13. The van der Waals surface area contributed by atoms with Gasteiger partial charge in [0.2, 0.25) is 6.10 Å². The van der Waals surface area contributed by atoms with E-state index in [2.05, 4.69) is 0 Å². The lowest BCUT2D eigenvalue weighted by atomic mass is 9.91. The number of aliphatic carboxylic acids is 1. The van der Waals surface area contributed by atoms with Gasteiger partial charge in [-0.3, -0.25) is 4.79 Å². The second-order valence-electron chi connectivity index (χ2n) is 10.5. The molecule has 216 valence electrons.